The van der Waals surface area contributed by atoms with Gasteiger partial charge in [-0.3, -0.25) is 30.0 Å². The lowest BCUT2D eigenvalue weighted by molar-refractivity contribution is -0.122. The van der Waals surface area contributed by atoms with E-state index in [0.717, 1.165) is 10.4 Å². The molecule has 0 unspecified atom stereocenters. The minimum Gasteiger partial charge on any atom is -0.354 e. The lowest BCUT2D eigenvalue weighted by Crippen LogP contribution is -2.49. The Hall–Kier alpha value is -4.10. The van der Waals surface area contributed by atoms with Crippen LogP contribution in [0.4, 0.5) is 0 Å². The molecule has 1 aromatic heterocycles. The standard InChI is InChI=1S/C20H18N6O6S/c27-16-11-26(9-8-21-16)33(31,32)13-5-3-4-12(10-13)18(28)23-25-20(30)17-14-6-1-2-7-15(14)19(29)24-22-17/h1-7,10H,8-9,11H2,(H,21,27)(H,23,28)(H,24,29)(H,25,30). The number of H-pyrrole nitrogens is 1. The smallest absolute Gasteiger partial charge is 0.290 e. The van der Waals surface area contributed by atoms with Gasteiger partial charge < -0.3 is 5.32 Å². The van der Waals surface area contributed by atoms with E-state index < -0.39 is 33.3 Å². The summed E-state index contributed by atoms with van der Waals surface area (Å²) < 4.78 is 26.7. The van der Waals surface area contributed by atoms with Crippen LogP contribution in [0.15, 0.2) is 58.2 Å². The van der Waals surface area contributed by atoms with Gasteiger partial charge in [0.1, 0.15) is 0 Å². The Morgan fingerprint density at radius 3 is 2.45 bits per heavy atom. The summed E-state index contributed by atoms with van der Waals surface area (Å²) in [6, 6.07) is 11.6. The lowest BCUT2D eigenvalue weighted by Gasteiger charge is -2.26. The number of hydrogen-bond donors (Lipinski definition) is 4. The molecule has 0 aliphatic carbocycles. The largest absolute Gasteiger partial charge is 0.354 e. The Morgan fingerprint density at radius 2 is 1.70 bits per heavy atom. The van der Waals surface area contributed by atoms with E-state index in [4.69, 9.17) is 0 Å². The second kappa shape index (κ2) is 8.80. The van der Waals surface area contributed by atoms with Crippen LogP contribution < -0.4 is 21.7 Å². The predicted octanol–water partition coefficient (Wildman–Crippen LogP) is -0.882. The number of aromatic nitrogens is 2. The maximum absolute atomic E-state index is 12.8. The molecule has 1 fully saturated rings. The number of carbonyl (C=O) groups excluding carboxylic acids is 3. The number of nitrogens with zero attached hydrogens (tertiary/aromatic N) is 2. The minimum atomic E-state index is -3.99. The van der Waals surface area contributed by atoms with Crippen LogP contribution in [0.5, 0.6) is 0 Å². The van der Waals surface area contributed by atoms with Crippen LogP contribution in [0, 0.1) is 0 Å². The Bertz CT molecular complexity index is 1430. The van der Waals surface area contributed by atoms with Crippen molar-refractivity contribution in [2.45, 2.75) is 4.90 Å². The van der Waals surface area contributed by atoms with E-state index >= 15 is 0 Å². The number of hydrogen-bond acceptors (Lipinski definition) is 7. The Kier molecular flexibility index (Phi) is 5.89. The van der Waals surface area contributed by atoms with Crippen molar-refractivity contribution in [3.8, 4) is 0 Å². The zero-order valence-electron chi connectivity index (χ0n) is 17.0. The molecule has 1 aliphatic heterocycles. The van der Waals surface area contributed by atoms with E-state index in [-0.39, 0.29) is 41.2 Å². The molecule has 4 rings (SSSR count). The highest BCUT2D eigenvalue weighted by Gasteiger charge is 2.29. The van der Waals surface area contributed by atoms with Crippen molar-refractivity contribution in [3.63, 3.8) is 0 Å². The number of fused-ring (bicyclic) bond motifs is 1. The van der Waals surface area contributed by atoms with Gasteiger partial charge in [-0.05, 0) is 24.3 Å². The maximum atomic E-state index is 12.8. The number of aromatic amines is 1. The fourth-order valence-corrected chi connectivity index (χ4v) is 4.74. The summed E-state index contributed by atoms with van der Waals surface area (Å²) in [5, 5.41) is 9.07. The number of amides is 3. The van der Waals surface area contributed by atoms with Gasteiger partial charge in [0.2, 0.25) is 15.9 Å². The van der Waals surface area contributed by atoms with E-state index in [0.29, 0.717) is 5.39 Å². The SMILES string of the molecule is O=C1CN(S(=O)(=O)c2cccc(C(=O)NNC(=O)c3n[nH]c(=O)c4ccccc34)c2)CCN1. The van der Waals surface area contributed by atoms with E-state index in [1.54, 1.807) is 18.2 Å². The molecule has 0 spiro atoms. The fraction of sp³-hybridized carbons (Fsp3) is 0.150. The number of rotatable bonds is 4. The molecule has 0 atom stereocenters. The number of piperazine rings is 1. The van der Waals surface area contributed by atoms with Gasteiger partial charge in [0, 0.05) is 24.0 Å². The molecule has 2 heterocycles. The van der Waals surface area contributed by atoms with Crippen LogP contribution in [0.1, 0.15) is 20.8 Å². The first-order valence-corrected chi connectivity index (χ1v) is 11.2. The highest BCUT2D eigenvalue weighted by atomic mass is 32.2. The molecule has 0 bridgehead atoms. The average molecular weight is 470 g/mol. The van der Waals surface area contributed by atoms with E-state index in [1.165, 1.54) is 24.3 Å². The molecule has 4 N–H and O–H groups in total. The molecule has 2 aromatic carbocycles. The van der Waals surface area contributed by atoms with Gasteiger partial charge in [-0.1, -0.05) is 24.3 Å². The molecule has 170 valence electrons. The van der Waals surface area contributed by atoms with Crippen molar-refractivity contribution in [1.29, 1.82) is 0 Å². The highest BCUT2D eigenvalue weighted by Crippen LogP contribution is 2.18. The van der Waals surface area contributed by atoms with E-state index in [2.05, 4.69) is 26.4 Å². The van der Waals surface area contributed by atoms with Gasteiger partial charge in [0.25, 0.3) is 17.4 Å². The lowest BCUT2D eigenvalue weighted by atomic mass is 10.1. The number of nitrogens with one attached hydrogen (secondary N) is 4. The molecular weight excluding hydrogens is 452 g/mol. The van der Waals surface area contributed by atoms with E-state index in [9.17, 15) is 27.6 Å². The van der Waals surface area contributed by atoms with Crippen molar-refractivity contribution in [1.82, 2.24) is 30.7 Å². The molecule has 1 aliphatic rings. The number of hydrazine groups is 1. The molecule has 3 amide bonds. The zero-order chi connectivity index (χ0) is 23.6. The summed E-state index contributed by atoms with van der Waals surface area (Å²) in [4.78, 5) is 48.3. The molecule has 13 heteroatoms. The van der Waals surface area contributed by atoms with Gasteiger partial charge in [-0.2, -0.15) is 9.40 Å². The van der Waals surface area contributed by atoms with Crippen LogP contribution in [-0.4, -0.2) is 60.3 Å². The topological polar surface area (TPSA) is 170 Å². The number of sulfonamides is 1. The quantitative estimate of drug-likeness (QED) is 0.359. The summed E-state index contributed by atoms with van der Waals surface area (Å²) in [5.74, 6) is -1.96. The molecule has 0 radical (unpaired) electrons. The minimum absolute atomic E-state index is 0.0304. The summed E-state index contributed by atoms with van der Waals surface area (Å²) in [7, 11) is -3.99. The average Bonchev–Trinajstić information content (AvgIpc) is 2.83. The Labute approximate surface area is 187 Å². The number of carbonyl (C=O) groups is 3. The summed E-state index contributed by atoms with van der Waals surface area (Å²) in [6.07, 6.45) is 0. The normalized spacial score (nSPS) is 14.5. The molecule has 0 saturated carbocycles. The summed E-state index contributed by atoms with van der Waals surface area (Å²) >= 11 is 0. The van der Waals surface area contributed by atoms with Crippen LogP contribution in [0.3, 0.4) is 0 Å². The molecular formula is C20H18N6O6S. The first-order valence-electron chi connectivity index (χ1n) is 9.72. The van der Waals surface area contributed by atoms with E-state index in [1.807, 2.05) is 0 Å². The fourth-order valence-electron chi connectivity index (χ4n) is 3.30. The van der Waals surface area contributed by atoms with Crippen molar-refractivity contribution >= 4 is 38.5 Å². The van der Waals surface area contributed by atoms with Crippen molar-refractivity contribution < 1.29 is 22.8 Å². The first-order chi connectivity index (χ1) is 15.8. The Morgan fingerprint density at radius 1 is 0.970 bits per heavy atom. The van der Waals surface area contributed by atoms with Crippen molar-refractivity contribution in [3.05, 3.63) is 70.1 Å². The van der Waals surface area contributed by atoms with Crippen LogP contribution in [0.25, 0.3) is 10.8 Å². The molecule has 12 nitrogen and oxygen atoms in total. The van der Waals surface area contributed by atoms with Crippen molar-refractivity contribution in [2.24, 2.45) is 0 Å². The highest BCUT2D eigenvalue weighted by molar-refractivity contribution is 7.89. The van der Waals surface area contributed by atoms with Gasteiger partial charge in [0.15, 0.2) is 5.69 Å². The monoisotopic (exact) mass is 470 g/mol. The maximum Gasteiger partial charge on any atom is 0.290 e. The Balaban J connectivity index is 1.50. The van der Waals surface area contributed by atoms with Gasteiger partial charge in [0.05, 0.1) is 16.8 Å². The first kappa shape index (κ1) is 22.1. The third kappa shape index (κ3) is 4.44. The third-order valence-electron chi connectivity index (χ3n) is 4.94. The summed E-state index contributed by atoms with van der Waals surface area (Å²) in [6.45, 7) is -0.00659. The molecule has 33 heavy (non-hydrogen) atoms. The molecule has 1 saturated heterocycles. The second-order valence-corrected chi connectivity index (χ2v) is 9.01. The zero-order valence-corrected chi connectivity index (χ0v) is 17.8. The predicted molar refractivity (Wildman–Crippen MR) is 116 cm³/mol. The summed E-state index contributed by atoms with van der Waals surface area (Å²) in [5.41, 5.74) is 3.80. The third-order valence-corrected chi connectivity index (χ3v) is 6.78. The van der Waals surface area contributed by atoms with Crippen LogP contribution in [-0.2, 0) is 14.8 Å². The number of benzene rings is 2. The van der Waals surface area contributed by atoms with Gasteiger partial charge >= 0.3 is 0 Å². The van der Waals surface area contributed by atoms with Crippen LogP contribution >= 0.6 is 0 Å². The second-order valence-electron chi connectivity index (χ2n) is 7.07. The van der Waals surface area contributed by atoms with Gasteiger partial charge in [-0.25, -0.2) is 13.5 Å². The van der Waals surface area contributed by atoms with Gasteiger partial charge in [-0.15, -0.1) is 0 Å². The van der Waals surface area contributed by atoms with Crippen molar-refractivity contribution in [2.75, 3.05) is 19.6 Å². The molecule has 3 aromatic rings. The van der Waals surface area contributed by atoms with Crippen LogP contribution in [0.2, 0.25) is 0 Å².